The van der Waals surface area contributed by atoms with Crippen molar-refractivity contribution >= 4 is 17.8 Å². The van der Waals surface area contributed by atoms with E-state index in [0.717, 1.165) is 4.90 Å². The molecule has 3 rings (SSSR count). The van der Waals surface area contributed by atoms with Crippen LogP contribution in [-0.4, -0.2) is 69.5 Å². The normalized spacial score (nSPS) is 17.1. The van der Waals surface area contributed by atoms with Gasteiger partial charge in [-0.15, -0.1) is 0 Å². The summed E-state index contributed by atoms with van der Waals surface area (Å²) in [7, 11) is 2.90. The predicted molar refractivity (Wildman–Crippen MR) is 88.6 cm³/mol. The molecule has 0 bridgehead atoms. The van der Waals surface area contributed by atoms with Crippen LogP contribution in [0.5, 0.6) is 0 Å². The molecule has 1 N–H and O–H groups in total. The summed E-state index contributed by atoms with van der Waals surface area (Å²) >= 11 is 0. The molecule has 2 aromatic rings. The van der Waals surface area contributed by atoms with Crippen molar-refractivity contribution in [3.63, 3.8) is 0 Å². The Balaban J connectivity index is 1.48. The monoisotopic (exact) mass is 358 g/mol. The second kappa shape index (κ2) is 7.30. The summed E-state index contributed by atoms with van der Waals surface area (Å²) in [6.45, 7) is 0.275. The highest BCUT2D eigenvalue weighted by atomic mass is 16.5. The Kier molecular flexibility index (Phi) is 4.92. The summed E-state index contributed by atoms with van der Waals surface area (Å²) in [4.78, 5) is 46.3. The van der Waals surface area contributed by atoms with Crippen molar-refractivity contribution in [1.29, 1.82) is 0 Å². The molecule has 0 spiro atoms. The van der Waals surface area contributed by atoms with E-state index < -0.39 is 12.1 Å². The number of carbonyl (C=O) groups is 3. The van der Waals surface area contributed by atoms with Crippen molar-refractivity contribution in [3.8, 4) is 11.5 Å². The van der Waals surface area contributed by atoms with Gasteiger partial charge < -0.3 is 14.7 Å². The van der Waals surface area contributed by atoms with E-state index >= 15 is 0 Å². The van der Waals surface area contributed by atoms with Crippen molar-refractivity contribution < 1.29 is 18.9 Å². The summed E-state index contributed by atoms with van der Waals surface area (Å²) in [5.74, 6) is 0.0360. The van der Waals surface area contributed by atoms with Crippen LogP contribution in [0.25, 0.3) is 11.5 Å². The molecule has 4 amide bonds. The lowest BCUT2D eigenvalue weighted by atomic mass is 10.2. The Morgan fingerprint density at radius 1 is 1.31 bits per heavy atom. The molecule has 2 aromatic heterocycles. The van der Waals surface area contributed by atoms with Gasteiger partial charge in [-0.1, -0.05) is 11.2 Å². The highest BCUT2D eigenvalue weighted by molar-refractivity contribution is 6.05. The first kappa shape index (κ1) is 17.5. The van der Waals surface area contributed by atoms with Crippen LogP contribution >= 0.6 is 0 Å². The zero-order chi connectivity index (χ0) is 18.7. The summed E-state index contributed by atoms with van der Waals surface area (Å²) in [5, 5.41) is 6.54. The Labute approximate surface area is 149 Å². The molecular formula is C16H18N6O4. The van der Waals surface area contributed by atoms with Gasteiger partial charge in [0, 0.05) is 33.3 Å². The van der Waals surface area contributed by atoms with Gasteiger partial charge in [0.1, 0.15) is 11.7 Å². The molecule has 0 aliphatic carbocycles. The minimum absolute atomic E-state index is 0.0889. The molecule has 10 heteroatoms. The predicted octanol–water partition coefficient (Wildman–Crippen LogP) is 0.0728. The highest BCUT2D eigenvalue weighted by Gasteiger charge is 2.41. The van der Waals surface area contributed by atoms with E-state index in [9.17, 15) is 14.4 Å². The van der Waals surface area contributed by atoms with Gasteiger partial charge in [0.25, 0.3) is 5.91 Å². The molecule has 0 saturated carbocycles. The minimum atomic E-state index is -0.772. The molecule has 3 heterocycles. The molecule has 0 radical (unpaired) electrons. The maximum absolute atomic E-state index is 12.0. The molecule has 1 atom stereocenters. The second-order valence-corrected chi connectivity index (χ2v) is 5.84. The van der Waals surface area contributed by atoms with Crippen LogP contribution in [-0.2, 0) is 16.0 Å². The van der Waals surface area contributed by atoms with E-state index in [2.05, 4.69) is 20.4 Å². The number of likely N-dealkylation sites (N-methyl/N-ethyl adjacent to an activating group) is 2. The first-order valence-corrected chi connectivity index (χ1v) is 8.02. The molecule has 136 valence electrons. The van der Waals surface area contributed by atoms with Crippen LogP contribution < -0.4 is 5.32 Å². The Bertz CT molecular complexity index is 821. The van der Waals surface area contributed by atoms with Gasteiger partial charge in [-0.3, -0.25) is 19.5 Å². The molecule has 1 fully saturated rings. The number of nitrogens with one attached hydrogen (secondary N) is 1. The third kappa shape index (κ3) is 3.53. The van der Waals surface area contributed by atoms with Gasteiger partial charge >= 0.3 is 6.03 Å². The van der Waals surface area contributed by atoms with Gasteiger partial charge in [0.05, 0.1) is 6.42 Å². The third-order valence-electron chi connectivity index (χ3n) is 4.07. The third-order valence-corrected chi connectivity index (χ3v) is 4.07. The molecule has 1 aliphatic rings. The number of amides is 4. The molecular weight excluding hydrogens is 340 g/mol. The number of urea groups is 1. The summed E-state index contributed by atoms with van der Waals surface area (Å²) in [6.07, 6.45) is 1.89. The lowest BCUT2D eigenvalue weighted by Gasteiger charge is -2.15. The molecule has 1 saturated heterocycles. The number of aromatic nitrogens is 3. The van der Waals surface area contributed by atoms with E-state index in [1.54, 1.807) is 18.3 Å². The first-order chi connectivity index (χ1) is 12.5. The maximum Gasteiger partial charge on any atom is 0.326 e. The lowest BCUT2D eigenvalue weighted by Crippen LogP contribution is -2.37. The SMILES string of the molecule is CN1C(=O)[C@@H](CC(=O)NCCc2nc(-c3ccccn3)no2)N(C)C1=O. The van der Waals surface area contributed by atoms with Crippen molar-refractivity contribution in [1.82, 2.24) is 30.2 Å². The van der Waals surface area contributed by atoms with Crippen molar-refractivity contribution in [2.75, 3.05) is 20.6 Å². The van der Waals surface area contributed by atoms with E-state index in [0.29, 0.717) is 23.8 Å². The van der Waals surface area contributed by atoms with Crippen LogP contribution in [0.1, 0.15) is 12.3 Å². The Hall–Kier alpha value is -3.30. The molecule has 1 aliphatic heterocycles. The topological polar surface area (TPSA) is 122 Å². The zero-order valence-electron chi connectivity index (χ0n) is 14.4. The van der Waals surface area contributed by atoms with E-state index in [4.69, 9.17) is 4.52 Å². The number of hydrogen-bond acceptors (Lipinski definition) is 7. The molecule has 0 unspecified atom stereocenters. The highest BCUT2D eigenvalue weighted by Crippen LogP contribution is 2.16. The van der Waals surface area contributed by atoms with Gasteiger partial charge in [-0.2, -0.15) is 4.98 Å². The molecule has 10 nitrogen and oxygen atoms in total. The number of carbonyl (C=O) groups excluding carboxylic acids is 3. The van der Waals surface area contributed by atoms with Crippen molar-refractivity contribution in [2.24, 2.45) is 0 Å². The minimum Gasteiger partial charge on any atom is -0.356 e. The Morgan fingerprint density at radius 3 is 2.77 bits per heavy atom. The largest absolute Gasteiger partial charge is 0.356 e. The van der Waals surface area contributed by atoms with Crippen molar-refractivity contribution in [3.05, 3.63) is 30.3 Å². The Morgan fingerprint density at radius 2 is 2.12 bits per heavy atom. The fourth-order valence-corrected chi connectivity index (χ4v) is 2.59. The molecule has 0 aromatic carbocycles. The number of hydrogen-bond donors (Lipinski definition) is 1. The standard InChI is InChI=1S/C16H18N6O4/c1-21-11(15(24)22(2)16(21)25)9-12(23)18-8-6-13-19-14(20-26-13)10-5-3-4-7-17-10/h3-5,7,11H,6,8-9H2,1-2H3,(H,18,23)/t11-/m1/s1. The van der Waals surface area contributed by atoms with Crippen LogP contribution in [0.2, 0.25) is 0 Å². The maximum atomic E-state index is 12.0. The van der Waals surface area contributed by atoms with Crippen molar-refractivity contribution in [2.45, 2.75) is 18.9 Å². The number of rotatable bonds is 6. The van der Waals surface area contributed by atoms with Crippen LogP contribution in [0.15, 0.2) is 28.9 Å². The fourth-order valence-electron chi connectivity index (χ4n) is 2.59. The number of imide groups is 1. The van der Waals surface area contributed by atoms with E-state index in [1.165, 1.54) is 19.0 Å². The first-order valence-electron chi connectivity index (χ1n) is 8.02. The van der Waals surface area contributed by atoms with Gasteiger partial charge in [-0.25, -0.2) is 4.79 Å². The average molecular weight is 358 g/mol. The summed E-state index contributed by atoms with van der Waals surface area (Å²) in [5.41, 5.74) is 0.600. The lowest BCUT2D eigenvalue weighted by molar-refractivity contribution is -0.131. The van der Waals surface area contributed by atoms with Gasteiger partial charge in [-0.05, 0) is 12.1 Å². The fraction of sp³-hybridized carbons (Fsp3) is 0.375. The number of pyridine rings is 1. The van der Waals surface area contributed by atoms with Gasteiger partial charge in [0.2, 0.25) is 17.6 Å². The molecule has 26 heavy (non-hydrogen) atoms. The van der Waals surface area contributed by atoms with Gasteiger partial charge in [0.15, 0.2) is 0 Å². The quantitative estimate of drug-likeness (QED) is 0.725. The van der Waals surface area contributed by atoms with Crippen LogP contribution in [0.3, 0.4) is 0 Å². The van der Waals surface area contributed by atoms with E-state index in [-0.39, 0.29) is 24.8 Å². The number of nitrogens with zero attached hydrogens (tertiary/aromatic N) is 5. The van der Waals surface area contributed by atoms with E-state index in [1.807, 2.05) is 6.07 Å². The summed E-state index contributed by atoms with van der Waals surface area (Å²) < 4.78 is 5.13. The average Bonchev–Trinajstić information content (AvgIpc) is 3.19. The van der Waals surface area contributed by atoms with Crippen LogP contribution in [0.4, 0.5) is 4.79 Å². The van der Waals surface area contributed by atoms with Crippen LogP contribution in [0, 0.1) is 0 Å². The summed E-state index contributed by atoms with van der Waals surface area (Å²) in [6, 6.07) is 4.19. The second-order valence-electron chi connectivity index (χ2n) is 5.84. The zero-order valence-corrected chi connectivity index (χ0v) is 14.4. The smallest absolute Gasteiger partial charge is 0.326 e.